The molecule has 37 heavy (non-hydrogen) atoms. The lowest BCUT2D eigenvalue weighted by Crippen LogP contribution is -2.28. The highest BCUT2D eigenvalue weighted by atomic mass is 16.2. The van der Waals surface area contributed by atoms with E-state index in [-0.39, 0.29) is 17.9 Å². The van der Waals surface area contributed by atoms with Crippen LogP contribution in [0.4, 0.5) is 5.69 Å². The minimum absolute atomic E-state index is 0.180. The van der Waals surface area contributed by atoms with Crippen molar-refractivity contribution in [1.29, 1.82) is 0 Å². The van der Waals surface area contributed by atoms with Gasteiger partial charge >= 0.3 is 0 Å². The highest BCUT2D eigenvalue weighted by molar-refractivity contribution is 6.09. The van der Waals surface area contributed by atoms with E-state index in [1.807, 2.05) is 97.9 Å². The molecule has 6 nitrogen and oxygen atoms in total. The van der Waals surface area contributed by atoms with Crippen molar-refractivity contribution in [2.45, 2.75) is 19.4 Å². The molecule has 5 aromatic rings. The Hall–Kier alpha value is -4.84. The van der Waals surface area contributed by atoms with Crippen LogP contribution in [0.25, 0.3) is 22.0 Å². The van der Waals surface area contributed by atoms with Gasteiger partial charge in [0.15, 0.2) is 0 Å². The van der Waals surface area contributed by atoms with E-state index in [0.29, 0.717) is 22.3 Å². The van der Waals surface area contributed by atoms with Gasteiger partial charge in [0, 0.05) is 29.0 Å². The minimum atomic E-state index is -0.207. The number of carbonyl (C=O) groups excluding carboxylic acids is 2. The molecular weight excluding hydrogens is 460 g/mol. The summed E-state index contributed by atoms with van der Waals surface area (Å²) in [7, 11) is 0. The van der Waals surface area contributed by atoms with Crippen LogP contribution in [-0.2, 0) is 0 Å². The quantitative estimate of drug-likeness (QED) is 0.278. The Morgan fingerprint density at radius 2 is 1.59 bits per heavy atom. The molecule has 2 amide bonds. The Balaban J connectivity index is 1.33. The van der Waals surface area contributed by atoms with Crippen LogP contribution >= 0.6 is 0 Å². The maximum absolute atomic E-state index is 13.1. The largest absolute Gasteiger partial charge is 0.344 e. The number of nitrogens with one attached hydrogen (secondary N) is 2. The van der Waals surface area contributed by atoms with Gasteiger partial charge in [-0.2, -0.15) is 0 Å². The van der Waals surface area contributed by atoms with Gasteiger partial charge < -0.3 is 10.6 Å². The molecule has 0 spiro atoms. The van der Waals surface area contributed by atoms with Crippen molar-refractivity contribution >= 4 is 28.4 Å². The number of nitrogens with zero attached hydrogens (tertiary/aromatic N) is 2. The fourth-order valence-corrected chi connectivity index (χ4v) is 4.28. The second-order valence-corrected chi connectivity index (χ2v) is 8.69. The number of hydrogen-bond acceptors (Lipinski definition) is 4. The molecule has 1 atom stereocenters. The van der Waals surface area contributed by atoms with Crippen molar-refractivity contribution in [3.8, 4) is 11.1 Å². The summed E-state index contributed by atoms with van der Waals surface area (Å²) in [4.78, 5) is 34.9. The van der Waals surface area contributed by atoms with Gasteiger partial charge in [-0.05, 0) is 53.9 Å². The molecule has 1 unspecified atom stereocenters. The zero-order valence-electron chi connectivity index (χ0n) is 20.4. The first kappa shape index (κ1) is 23.9. The van der Waals surface area contributed by atoms with Crippen LogP contribution < -0.4 is 10.6 Å². The summed E-state index contributed by atoms with van der Waals surface area (Å²) in [5.41, 5.74) is 5.04. The average molecular weight is 487 g/mol. The number of amides is 2. The number of hydrogen-bond donors (Lipinski definition) is 2. The monoisotopic (exact) mass is 486 g/mol. The van der Waals surface area contributed by atoms with E-state index in [4.69, 9.17) is 0 Å². The van der Waals surface area contributed by atoms with Crippen molar-refractivity contribution < 1.29 is 9.59 Å². The first-order valence-corrected chi connectivity index (χ1v) is 12.2. The number of aromatic nitrogens is 2. The number of benzene rings is 3. The Morgan fingerprint density at radius 3 is 2.38 bits per heavy atom. The van der Waals surface area contributed by atoms with E-state index in [1.54, 1.807) is 18.5 Å². The lowest BCUT2D eigenvalue weighted by molar-refractivity contribution is 0.0933. The topological polar surface area (TPSA) is 84.0 Å². The number of anilines is 1. The Kier molecular flexibility index (Phi) is 6.99. The summed E-state index contributed by atoms with van der Waals surface area (Å²) in [6.07, 6.45) is 4.00. The van der Waals surface area contributed by atoms with Crippen LogP contribution in [0.5, 0.6) is 0 Å². The van der Waals surface area contributed by atoms with Gasteiger partial charge in [0.2, 0.25) is 0 Å². The Labute approximate surface area is 215 Å². The summed E-state index contributed by atoms with van der Waals surface area (Å²) < 4.78 is 0. The van der Waals surface area contributed by atoms with Crippen LogP contribution in [0, 0.1) is 0 Å². The van der Waals surface area contributed by atoms with E-state index < -0.39 is 0 Å². The zero-order valence-corrected chi connectivity index (χ0v) is 20.4. The number of rotatable bonds is 7. The van der Waals surface area contributed by atoms with Gasteiger partial charge in [-0.15, -0.1) is 0 Å². The van der Waals surface area contributed by atoms with Gasteiger partial charge in [-0.25, -0.2) is 0 Å². The third-order valence-corrected chi connectivity index (χ3v) is 6.22. The maximum atomic E-state index is 13.1. The molecule has 2 N–H and O–H groups in total. The molecule has 3 aromatic carbocycles. The van der Waals surface area contributed by atoms with Crippen molar-refractivity contribution in [3.63, 3.8) is 0 Å². The van der Waals surface area contributed by atoms with Crippen molar-refractivity contribution in [2.75, 3.05) is 5.32 Å². The molecule has 0 fully saturated rings. The zero-order chi connectivity index (χ0) is 25.6. The van der Waals surface area contributed by atoms with Crippen LogP contribution in [0.1, 0.15) is 45.8 Å². The fourth-order valence-electron chi connectivity index (χ4n) is 4.28. The summed E-state index contributed by atoms with van der Waals surface area (Å²) in [5.74, 6) is -0.406. The molecule has 182 valence electrons. The maximum Gasteiger partial charge on any atom is 0.256 e. The molecule has 6 heteroatoms. The normalized spacial score (nSPS) is 11.6. The van der Waals surface area contributed by atoms with E-state index in [9.17, 15) is 9.59 Å². The second kappa shape index (κ2) is 10.8. The summed E-state index contributed by atoms with van der Waals surface area (Å²) in [6, 6.07) is 30.1. The van der Waals surface area contributed by atoms with Crippen LogP contribution in [0.3, 0.4) is 0 Å². The predicted octanol–water partition coefficient (Wildman–Crippen LogP) is 6.43. The van der Waals surface area contributed by atoms with E-state index in [1.165, 1.54) is 0 Å². The van der Waals surface area contributed by atoms with E-state index >= 15 is 0 Å². The SMILES string of the molecule is CCC(NC(=O)c1cnc2cc(NC(=O)c3ccccc3-c3ccccc3)ccc2c1)c1ccccn1. The van der Waals surface area contributed by atoms with Crippen molar-refractivity contribution in [2.24, 2.45) is 0 Å². The molecule has 2 aromatic heterocycles. The molecule has 0 aliphatic heterocycles. The second-order valence-electron chi connectivity index (χ2n) is 8.69. The molecule has 0 saturated heterocycles. The first-order chi connectivity index (χ1) is 18.1. The van der Waals surface area contributed by atoms with Gasteiger partial charge in [-0.1, -0.05) is 67.6 Å². The minimum Gasteiger partial charge on any atom is -0.344 e. The molecule has 0 bridgehead atoms. The molecule has 0 saturated carbocycles. The van der Waals surface area contributed by atoms with E-state index in [2.05, 4.69) is 20.6 Å². The van der Waals surface area contributed by atoms with Crippen molar-refractivity contribution in [3.05, 3.63) is 126 Å². The molecule has 0 aliphatic carbocycles. The van der Waals surface area contributed by atoms with Crippen molar-refractivity contribution in [1.82, 2.24) is 15.3 Å². The predicted molar refractivity (Wildman–Crippen MR) is 146 cm³/mol. The van der Waals surface area contributed by atoms with Crippen LogP contribution in [0.2, 0.25) is 0 Å². The van der Waals surface area contributed by atoms with Crippen LogP contribution in [-0.4, -0.2) is 21.8 Å². The molecule has 2 heterocycles. The lowest BCUT2D eigenvalue weighted by atomic mass is 9.99. The lowest BCUT2D eigenvalue weighted by Gasteiger charge is -2.16. The first-order valence-electron chi connectivity index (χ1n) is 12.2. The van der Waals surface area contributed by atoms with E-state index in [0.717, 1.165) is 28.6 Å². The molecule has 0 radical (unpaired) electrons. The molecule has 0 aliphatic rings. The standard InChI is InChI=1S/C31H26N4O2/c1-2-27(28-14-8-9-17-32-28)35-30(36)23-18-22-15-16-24(19-29(22)33-20-23)34-31(37)26-13-7-6-12-25(26)21-10-4-3-5-11-21/h3-20,27H,2H2,1H3,(H,34,37)(H,35,36). The number of fused-ring (bicyclic) bond motifs is 1. The Morgan fingerprint density at radius 1 is 0.811 bits per heavy atom. The summed E-state index contributed by atoms with van der Waals surface area (Å²) in [6.45, 7) is 2.01. The van der Waals surface area contributed by atoms with Gasteiger partial charge in [0.05, 0.1) is 22.8 Å². The third kappa shape index (κ3) is 5.38. The summed E-state index contributed by atoms with van der Waals surface area (Å²) in [5, 5.41) is 6.83. The van der Waals surface area contributed by atoms with Gasteiger partial charge in [0.25, 0.3) is 11.8 Å². The summed E-state index contributed by atoms with van der Waals surface area (Å²) >= 11 is 0. The highest BCUT2D eigenvalue weighted by Crippen LogP contribution is 2.25. The number of carbonyl (C=O) groups is 2. The highest BCUT2D eigenvalue weighted by Gasteiger charge is 2.16. The third-order valence-electron chi connectivity index (χ3n) is 6.22. The van der Waals surface area contributed by atoms with Crippen LogP contribution in [0.15, 0.2) is 109 Å². The number of pyridine rings is 2. The molecular formula is C31H26N4O2. The fraction of sp³-hybridized carbons (Fsp3) is 0.0968. The average Bonchev–Trinajstić information content (AvgIpc) is 2.96. The smallest absolute Gasteiger partial charge is 0.256 e. The Bertz CT molecular complexity index is 1550. The molecule has 5 rings (SSSR count). The van der Waals surface area contributed by atoms with Gasteiger partial charge in [0.1, 0.15) is 0 Å². The van der Waals surface area contributed by atoms with Gasteiger partial charge in [-0.3, -0.25) is 19.6 Å².